The van der Waals surface area contributed by atoms with Gasteiger partial charge >= 0.3 is 6.03 Å². The predicted octanol–water partition coefficient (Wildman–Crippen LogP) is 4.27. The summed E-state index contributed by atoms with van der Waals surface area (Å²) in [6, 6.07) is 12.5. The van der Waals surface area contributed by atoms with Gasteiger partial charge in [0.15, 0.2) is 0 Å². The Morgan fingerprint density at radius 2 is 1.95 bits per heavy atom. The molecule has 5 heteroatoms. The van der Waals surface area contributed by atoms with Crippen LogP contribution in [0, 0.1) is 5.82 Å². The predicted molar refractivity (Wildman–Crippen MR) is 79.0 cm³/mol. The summed E-state index contributed by atoms with van der Waals surface area (Å²) in [5, 5.41) is 5.68. The van der Waals surface area contributed by atoms with Crippen LogP contribution in [0.5, 0.6) is 0 Å². The van der Waals surface area contributed by atoms with Crippen LogP contribution in [0.3, 0.4) is 0 Å². The van der Waals surface area contributed by atoms with E-state index < -0.39 is 6.03 Å². The number of hydrogen-bond donors (Lipinski definition) is 2. The van der Waals surface area contributed by atoms with Crippen LogP contribution in [0.1, 0.15) is 5.56 Å². The van der Waals surface area contributed by atoms with E-state index in [0.29, 0.717) is 16.3 Å². The zero-order valence-corrected chi connectivity index (χ0v) is 11.2. The van der Waals surface area contributed by atoms with Crippen LogP contribution in [-0.4, -0.2) is 6.03 Å². The first-order valence-corrected chi connectivity index (χ1v) is 6.26. The zero-order valence-electron chi connectivity index (χ0n) is 10.4. The molecule has 2 rings (SSSR count). The van der Waals surface area contributed by atoms with Crippen LogP contribution in [0.15, 0.2) is 54.7 Å². The van der Waals surface area contributed by atoms with Crippen LogP contribution < -0.4 is 10.6 Å². The molecule has 0 saturated heterocycles. The van der Waals surface area contributed by atoms with E-state index in [1.807, 2.05) is 0 Å². The number of carbonyl (C=O) groups is 1. The molecule has 20 heavy (non-hydrogen) atoms. The van der Waals surface area contributed by atoms with E-state index in [1.165, 1.54) is 18.3 Å². The molecule has 2 aromatic rings. The summed E-state index contributed by atoms with van der Waals surface area (Å²) in [4.78, 5) is 11.6. The second-order valence-corrected chi connectivity index (χ2v) is 4.43. The molecule has 0 aliphatic carbocycles. The van der Waals surface area contributed by atoms with Crippen molar-refractivity contribution in [2.24, 2.45) is 0 Å². The van der Waals surface area contributed by atoms with Gasteiger partial charge in [0.2, 0.25) is 0 Å². The van der Waals surface area contributed by atoms with Gasteiger partial charge in [-0.1, -0.05) is 29.8 Å². The Labute approximate surface area is 121 Å². The Bertz CT molecular complexity index is 643. The molecule has 0 spiro atoms. The van der Waals surface area contributed by atoms with Crippen molar-refractivity contribution in [2.45, 2.75) is 0 Å². The van der Waals surface area contributed by atoms with Gasteiger partial charge in [-0.25, -0.2) is 9.18 Å². The van der Waals surface area contributed by atoms with Gasteiger partial charge in [0, 0.05) is 16.9 Å². The number of carbonyl (C=O) groups excluding carboxylic acids is 1. The van der Waals surface area contributed by atoms with Crippen molar-refractivity contribution in [3.8, 4) is 0 Å². The van der Waals surface area contributed by atoms with Gasteiger partial charge in [0.1, 0.15) is 5.82 Å². The minimum absolute atomic E-state index is 0.324. The number of rotatable bonds is 3. The minimum Gasteiger partial charge on any atom is -0.314 e. The van der Waals surface area contributed by atoms with Gasteiger partial charge in [-0.05, 0) is 42.0 Å². The average molecular weight is 291 g/mol. The number of halogens is 2. The topological polar surface area (TPSA) is 41.1 Å². The summed E-state index contributed by atoms with van der Waals surface area (Å²) in [5.41, 5.74) is 1.25. The first-order valence-electron chi connectivity index (χ1n) is 5.89. The van der Waals surface area contributed by atoms with E-state index in [4.69, 9.17) is 11.6 Å². The highest BCUT2D eigenvalue weighted by molar-refractivity contribution is 6.30. The second-order valence-electron chi connectivity index (χ2n) is 4.00. The lowest BCUT2D eigenvalue weighted by atomic mass is 10.2. The van der Waals surface area contributed by atoms with E-state index in [0.717, 1.165) is 0 Å². The van der Waals surface area contributed by atoms with Crippen molar-refractivity contribution in [2.75, 3.05) is 5.32 Å². The van der Waals surface area contributed by atoms with Crippen LogP contribution >= 0.6 is 11.6 Å². The number of nitrogens with one attached hydrogen (secondary N) is 2. The van der Waals surface area contributed by atoms with E-state index in [-0.39, 0.29) is 5.82 Å². The molecule has 0 atom stereocenters. The number of benzene rings is 2. The SMILES string of the molecule is O=C(N/C=C/c1cccc(F)c1)Nc1cccc(Cl)c1. The van der Waals surface area contributed by atoms with E-state index >= 15 is 0 Å². The lowest BCUT2D eigenvalue weighted by Gasteiger charge is -2.04. The molecule has 3 nitrogen and oxygen atoms in total. The molecule has 0 bridgehead atoms. The van der Waals surface area contributed by atoms with Crippen LogP contribution in [0.25, 0.3) is 6.08 Å². The third-order valence-corrected chi connectivity index (χ3v) is 2.66. The maximum Gasteiger partial charge on any atom is 0.323 e. The molecule has 0 aliphatic heterocycles. The largest absolute Gasteiger partial charge is 0.323 e. The number of urea groups is 1. The Morgan fingerprint density at radius 1 is 1.15 bits per heavy atom. The number of hydrogen-bond acceptors (Lipinski definition) is 1. The Balaban J connectivity index is 1.89. The summed E-state index contributed by atoms with van der Waals surface area (Å²) in [5.74, 6) is -0.324. The Morgan fingerprint density at radius 3 is 2.70 bits per heavy atom. The van der Waals surface area contributed by atoms with Gasteiger partial charge in [0.25, 0.3) is 0 Å². The second kappa shape index (κ2) is 6.73. The fourth-order valence-corrected chi connectivity index (χ4v) is 1.75. The lowest BCUT2D eigenvalue weighted by molar-refractivity contribution is 0.255. The highest BCUT2D eigenvalue weighted by Crippen LogP contribution is 2.14. The molecular weight excluding hydrogens is 279 g/mol. The van der Waals surface area contributed by atoms with E-state index in [2.05, 4.69) is 10.6 Å². The molecule has 0 fully saturated rings. The lowest BCUT2D eigenvalue weighted by Crippen LogP contribution is -2.23. The van der Waals surface area contributed by atoms with Crippen molar-refractivity contribution >= 4 is 29.4 Å². The minimum atomic E-state index is -0.403. The smallest absolute Gasteiger partial charge is 0.314 e. The van der Waals surface area contributed by atoms with Crippen LogP contribution in [-0.2, 0) is 0 Å². The maximum atomic E-state index is 12.9. The normalized spacial score (nSPS) is 10.5. The van der Waals surface area contributed by atoms with Crippen molar-refractivity contribution in [3.63, 3.8) is 0 Å². The van der Waals surface area contributed by atoms with Gasteiger partial charge in [-0.3, -0.25) is 0 Å². The molecule has 2 aromatic carbocycles. The fraction of sp³-hybridized carbons (Fsp3) is 0. The summed E-state index contributed by atoms with van der Waals surface area (Å²) >= 11 is 5.81. The Hall–Kier alpha value is -2.33. The third-order valence-electron chi connectivity index (χ3n) is 2.42. The molecule has 0 saturated carbocycles. The molecule has 0 unspecified atom stereocenters. The molecule has 0 heterocycles. The van der Waals surface area contributed by atoms with Crippen molar-refractivity contribution in [1.29, 1.82) is 0 Å². The Kier molecular flexibility index (Phi) is 4.74. The first kappa shape index (κ1) is 14.1. The molecular formula is C15H12ClFN2O. The van der Waals surface area contributed by atoms with Gasteiger partial charge < -0.3 is 10.6 Å². The standard InChI is InChI=1S/C15H12ClFN2O/c16-12-4-2-6-14(10-12)19-15(20)18-8-7-11-3-1-5-13(17)9-11/h1-10H,(H2,18,19,20)/b8-7+. The first-order chi connectivity index (χ1) is 9.63. The maximum absolute atomic E-state index is 12.9. The molecule has 0 radical (unpaired) electrons. The van der Waals surface area contributed by atoms with Crippen LogP contribution in [0.4, 0.5) is 14.9 Å². The van der Waals surface area contributed by atoms with Crippen LogP contribution in [0.2, 0.25) is 5.02 Å². The highest BCUT2D eigenvalue weighted by Gasteiger charge is 1.99. The summed E-state index contributed by atoms with van der Waals surface area (Å²) in [7, 11) is 0. The third kappa shape index (κ3) is 4.40. The fourth-order valence-electron chi connectivity index (χ4n) is 1.56. The van der Waals surface area contributed by atoms with Crippen molar-refractivity contribution < 1.29 is 9.18 Å². The molecule has 2 N–H and O–H groups in total. The summed E-state index contributed by atoms with van der Waals surface area (Å²) < 4.78 is 12.9. The number of amides is 2. The van der Waals surface area contributed by atoms with E-state index in [1.54, 1.807) is 42.5 Å². The quantitative estimate of drug-likeness (QED) is 0.871. The molecule has 2 amide bonds. The van der Waals surface area contributed by atoms with E-state index in [9.17, 15) is 9.18 Å². The van der Waals surface area contributed by atoms with Crippen molar-refractivity contribution in [3.05, 3.63) is 71.1 Å². The van der Waals surface area contributed by atoms with Gasteiger partial charge in [-0.15, -0.1) is 0 Å². The highest BCUT2D eigenvalue weighted by atomic mass is 35.5. The summed E-state index contributed by atoms with van der Waals surface area (Å²) in [6.45, 7) is 0. The monoisotopic (exact) mass is 290 g/mol. The van der Waals surface area contributed by atoms with Gasteiger partial charge in [-0.2, -0.15) is 0 Å². The average Bonchev–Trinajstić information content (AvgIpc) is 2.38. The van der Waals surface area contributed by atoms with Gasteiger partial charge in [0.05, 0.1) is 0 Å². The summed E-state index contributed by atoms with van der Waals surface area (Å²) in [6.07, 6.45) is 3.04. The molecule has 0 aliphatic rings. The van der Waals surface area contributed by atoms with Crippen molar-refractivity contribution in [1.82, 2.24) is 5.32 Å². The zero-order chi connectivity index (χ0) is 14.4. The molecule has 0 aromatic heterocycles. The number of anilines is 1. The molecule has 102 valence electrons.